The van der Waals surface area contributed by atoms with E-state index < -0.39 is 0 Å². The van der Waals surface area contributed by atoms with E-state index in [0.29, 0.717) is 52.8 Å². The predicted molar refractivity (Wildman–Crippen MR) is 538 cm³/mol. The molecule has 0 aromatic rings. The van der Waals surface area contributed by atoms with Crippen LogP contribution in [0.4, 0.5) is 0 Å². The maximum atomic E-state index is 12.8. The predicted octanol–water partition coefficient (Wildman–Crippen LogP) is 31.1. The summed E-state index contributed by atoms with van der Waals surface area (Å²) in [6, 6.07) is 0. The Hall–Kier alpha value is -3.71. The Labute approximate surface area is 814 Å². The highest BCUT2D eigenvalue weighted by Crippen LogP contribution is 2.72. The van der Waals surface area contributed by atoms with Gasteiger partial charge >= 0.3 is 41.8 Å². The van der Waals surface area contributed by atoms with Gasteiger partial charge in [-0.05, 0) is 428 Å². The Bertz CT molecular complexity index is 3790. The zero-order chi connectivity index (χ0) is 97.8. The van der Waals surface area contributed by atoms with Gasteiger partial charge in [0.15, 0.2) is 0 Å². The van der Waals surface area contributed by atoms with Gasteiger partial charge in [0, 0.05) is 29.6 Å². The lowest BCUT2D eigenvalue weighted by Gasteiger charge is -2.48. The first-order valence-electron chi connectivity index (χ1n) is 57.1. The molecule has 12 bridgehead atoms. The van der Waals surface area contributed by atoms with E-state index in [-0.39, 0.29) is 120 Å². The summed E-state index contributed by atoms with van der Waals surface area (Å²) < 4.78 is 42.4. The molecule has 14 nitrogen and oxygen atoms in total. The Morgan fingerprint density at radius 2 is 0.827 bits per heavy atom. The van der Waals surface area contributed by atoms with E-state index in [1.165, 1.54) is 218 Å². The lowest BCUT2D eigenvalue weighted by Crippen LogP contribution is -2.49. The fraction of sp³-hybridized carbons (Fsp3) is 0.941. The molecule has 14 heteroatoms. The van der Waals surface area contributed by atoms with Crippen molar-refractivity contribution in [1.82, 2.24) is 0 Å². The molecule has 0 aliphatic heterocycles. The molecule has 0 N–H and O–H groups in total. The number of carbonyl (C=O) groups is 7. The number of esters is 7. The summed E-state index contributed by atoms with van der Waals surface area (Å²) in [6.07, 6.45) is 58.6. The maximum absolute atomic E-state index is 12.8. The van der Waals surface area contributed by atoms with Crippen LogP contribution in [0.2, 0.25) is 0 Å². The molecule has 17 aliphatic rings. The first kappa shape index (κ1) is 110. The summed E-state index contributed by atoms with van der Waals surface area (Å²) in [5, 5.41) is 0. The van der Waals surface area contributed by atoms with Gasteiger partial charge in [0.2, 0.25) is 0 Å². The maximum Gasteiger partial charge on any atom is 0.312 e. The highest BCUT2D eigenvalue weighted by atomic mass is 16.6. The molecule has 0 spiro atoms. The zero-order valence-electron chi connectivity index (χ0n) is 91.0. The topological polar surface area (TPSA) is 184 Å². The standard InChI is InChI=1S/C20H32O2.C20H36O2.C17H30O2.C16H26O2.C16H28O2.2C15H26O2/c1-4-8-20(22-19(21)12(3)5-2)11-15-10-16(20)18-14-7-6-13(9-14)17(15)18;1-5-19(2,3)18(21)22-20(4,16-12-8-6-9-13-16)17-14-10-7-11-15-17;1-5-16(2,3)15(18)19-17(4)12-8-10-13-9-6-7-11-14(13)17;1-4-10(2)15(17)18-16(3)9-11-8-14(16)13-7-5-6-12(11)13;1-6-15(2,3)14(17)18-16(4,5)13-10-11-7-8-12(13)9-11;1-6-10(2)13(16)17-15(5)9-11-7-8-12(15)14(11,3)4;1-5-14(3,4)13(16)17-15(6-2)10-11-7-8-12(15)9-11/h12-18H,4-11H2,1-3H3;16-17H,5-15H2,1-4H3;13-14H,5-12H2,1-4H3;10-14H,4-9H2,1-3H3;11-13H,6-10H2,1-5H3;10-12H,6-9H2,1-5H3;11-12H,5-10H2,1-4H3. The fourth-order valence-electron chi connectivity index (χ4n) is 31.5. The Morgan fingerprint density at radius 3 is 1.32 bits per heavy atom. The summed E-state index contributed by atoms with van der Waals surface area (Å²) >= 11 is 0. The van der Waals surface area contributed by atoms with Crippen LogP contribution < -0.4 is 0 Å². The highest BCUT2D eigenvalue weighted by Gasteiger charge is 2.69. The summed E-state index contributed by atoms with van der Waals surface area (Å²) in [5.74, 6) is 16.6. The van der Waals surface area contributed by atoms with E-state index in [4.69, 9.17) is 33.2 Å². The van der Waals surface area contributed by atoms with Crippen LogP contribution in [-0.4, -0.2) is 81.0 Å². The minimum atomic E-state index is -0.357. The lowest BCUT2D eigenvalue weighted by atomic mass is 9.63. The van der Waals surface area contributed by atoms with Crippen molar-refractivity contribution in [3.8, 4) is 0 Å². The Kier molecular flexibility index (Phi) is 36.6. The van der Waals surface area contributed by atoms with Gasteiger partial charge in [-0.15, -0.1) is 0 Å². The first-order valence-corrected chi connectivity index (χ1v) is 57.1. The van der Waals surface area contributed by atoms with E-state index >= 15 is 0 Å². The summed E-state index contributed by atoms with van der Waals surface area (Å²) in [4.78, 5) is 86.3. The first-order chi connectivity index (χ1) is 62.4. The zero-order valence-corrected chi connectivity index (χ0v) is 91.0. The van der Waals surface area contributed by atoms with Crippen molar-refractivity contribution in [1.29, 1.82) is 0 Å². The minimum absolute atomic E-state index is 0.00153. The second kappa shape index (κ2) is 44.4. The van der Waals surface area contributed by atoms with Crippen LogP contribution in [0.1, 0.15) is 502 Å². The summed E-state index contributed by atoms with van der Waals surface area (Å²) in [5.41, 5.74) is -2.30. The molecule has 0 saturated heterocycles. The fourth-order valence-corrected chi connectivity index (χ4v) is 31.5. The molecule has 0 aromatic heterocycles. The summed E-state index contributed by atoms with van der Waals surface area (Å²) in [7, 11) is 0. The molecule has 0 aromatic carbocycles. The van der Waals surface area contributed by atoms with Crippen LogP contribution in [-0.2, 0) is 66.7 Å². The Balaban J connectivity index is 0.000000150. The van der Waals surface area contributed by atoms with E-state index in [0.717, 1.165) is 167 Å². The van der Waals surface area contributed by atoms with Crippen LogP contribution in [0, 0.1) is 169 Å². The monoisotopic (exact) mass is 1860 g/mol. The van der Waals surface area contributed by atoms with Crippen LogP contribution in [0.3, 0.4) is 0 Å². The van der Waals surface area contributed by atoms with Crippen molar-refractivity contribution in [2.75, 3.05) is 0 Å². The minimum Gasteiger partial charge on any atom is -0.459 e. The molecular weight excluding hydrogens is 1650 g/mol. The number of ether oxygens (including phenoxy) is 7. The van der Waals surface area contributed by atoms with Gasteiger partial charge in [0.25, 0.3) is 0 Å². The lowest BCUT2D eigenvalue weighted by molar-refractivity contribution is -0.187. The van der Waals surface area contributed by atoms with Crippen molar-refractivity contribution in [3.05, 3.63) is 0 Å². The van der Waals surface area contributed by atoms with Crippen molar-refractivity contribution < 1.29 is 66.7 Å². The van der Waals surface area contributed by atoms with Crippen LogP contribution >= 0.6 is 0 Å². The molecule has 133 heavy (non-hydrogen) atoms. The molecule has 17 fully saturated rings. The molecule has 17 rings (SSSR count). The van der Waals surface area contributed by atoms with Gasteiger partial charge in [-0.2, -0.15) is 0 Å². The summed E-state index contributed by atoms with van der Waals surface area (Å²) in [6.45, 7) is 58.6. The van der Waals surface area contributed by atoms with Gasteiger partial charge in [-0.1, -0.05) is 174 Å². The van der Waals surface area contributed by atoms with E-state index in [9.17, 15) is 33.6 Å². The third-order valence-electron chi connectivity index (χ3n) is 42.4. The largest absolute Gasteiger partial charge is 0.459 e. The molecule has 764 valence electrons. The highest BCUT2D eigenvalue weighted by molar-refractivity contribution is 5.78. The second-order valence-electron chi connectivity index (χ2n) is 52.9. The van der Waals surface area contributed by atoms with Gasteiger partial charge < -0.3 is 33.2 Å². The van der Waals surface area contributed by atoms with Crippen molar-refractivity contribution in [2.45, 2.75) is 541 Å². The third-order valence-corrected chi connectivity index (χ3v) is 42.4. The second-order valence-corrected chi connectivity index (χ2v) is 52.9. The van der Waals surface area contributed by atoms with Gasteiger partial charge in [0.1, 0.15) is 39.2 Å². The Morgan fingerprint density at radius 1 is 0.338 bits per heavy atom. The van der Waals surface area contributed by atoms with Crippen molar-refractivity contribution in [2.24, 2.45) is 169 Å². The van der Waals surface area contributed by atoms with E-state index in [2.05, 4.69) is 104 Å². The average Bonchev–Trinajstić information content (AvgIpc) is 1.54. The molecule has 0 amide bonds. The number of hydrogen-bond donors (Lipinski definition) is 0. The van der Waals surface area contributed by atoms with Gasteiger partial charge in [-0.3, -0.25) is 33.6 Å². The number of rotatable bonds is 27. The molecular formula is C119H204O14. The molecule has 27 unspecified atom stereocenters. The number of fused-ring (bicyclic) bond motifs is 21. The van der Waals surface area contributed by atoms with Crippen molar-refractivity contribution >= 4 is 41.8 Å². The molecule has 0 heterocycles. The quantitative estimate of drug-likeness (QED) is 0.0430. The molecule has 0 radical (unpaired) electrons. The van der Waals surface area contributed by atoms with Gasteiger partial charge in [-0.25, -0.2) is 0 Å². The SMILES string of the molecule is CCC(C)(C)C(=O)OC(C)(C)C1CC2CCC1C2.CCC(C)(C)C(=O)OC(C)(C1CCCCC1)C1CCCCC1.CCC(C)(C)C(=O)OC1(C)CCCC2CCCCC21.CCC(C)(C)C(=O)OC1(CC)CC2CCC1C2.CCC(C)C(=O)OC1(C)CC2CC1C1CCCC21.CCC(C)C(=O)OC1(C)CC2CCC1C2(C)C.CCCC1(OC(=O)C(C)CC)CC2CC1C1C3CCC(C3)C21. The van der Waals surface area contributed by atoms with Crippen LogP contribution in [0.5, 0.6) is 0 Å². The average molecular weight is 1860 g/mol. The van der Waals surface area contributed by atoms with Crippen LogP contribution in [0.25, 0.3) is 0 Å². The van der Waals surface area contributed by atoms with Crippen LogP contribution in [0.15, 0.2) is 0 Å². The molecule has 17 aliphatic carbocycles. The molecule has 17 saturated carbocycles. The van der Waals surface area contributed by atoms with E-state index in [1.807, 2.05) is 90.0 Å². The number of hydrogen-bond acceptors (Lipinski definition) is 14. The van der Waals surface area contributed by atoms with Gasteiger partial charge in [0.05, 0.1) is 39.4 Å². The third kappa shape index (κ3) is 23.9. The molecule has 27 atom stereocenters. The number of carbonyl (C=O) groups excluding carboxylic acids is 7. The van der Waals surface area contributed by atoms with Crippen molar-refractivity contribution in [3.63, 3.8) is 0 Å². The normalized spacial score (nSPS) is 37.4. The van der Waals surface area contributed by atoms with E-state index in [1.54, 1.807) is 0 Å². The smallest absolute Gasteiger partial charge is 0.312 e.